The van der Waals surface area contributed by atoms with E-state index in [-0.39, 0.29) is 0 Å². The summed E-state index contributed by atoms with van der Waals surface area (Å²) in [4.78, 5) is 8.57. The molecule has 0 bridgehead atoms. The highest BCUT2D eigenvalue weighted by molar-refractivity contribution is 5.28. The first-order valence-electron chi connectivity index (χ1n) is 4.59. The van der Waals surface area contributed by atoms with E-state index in [0.29, 0.717) is 5.92 Å². The van der Waals surface area contributed by atoms with Crippen molar-refractivity contribution in [1.29, 1.82) is 0 Å². The Balaban J connectivity index is 2.52. The Morgan fingerprint density at radius 2 is 2.25 bits per heavy atom. The monoisotopic (exact) mass is 162 g/mol. The van der Waals surface area contributed by atoms with Gasteiger partial charge in [-0.1, -0.05) is 6.92 Å². The Bertz CT molecular complexity index is 294. The fourth-order valence-electron chi connectivity index (χ4n) is 1.97. The first kappa shape index (κ1) is 7.71. The van der Waals surface area contributed by atoms with Crippen LogP contribution in [0.3, 0.4) is 0 Å². The molecule has 2 heteroatoms. The second-order valence-electron chi connectivity index (χ2n) is 3.62. The quantitative estimate of drug-likeness (QED) is 0.584. The summed E-state index contributed by atoms with van der Waals surface area (Å²) in [5, 5.41) is 0. The Morgan fingerprint density at radius 1 is 1.42 bits per heavy atom. The van der Waals surface area contributed by atoms with Crippen LogP contribution in [0.5, 0.6) is 0 Å². The van der Waals surface area contributed by atoms with Crippen LogP contribution in [-0.4, -0.2) is 9.97 Å². The van der Waals surface area contributed by atoms with Crippen LogP contribution >= 0.6 is 0 Å². The third-order valence-electron chi connectivity index (χ3n) is 2.72. The molecule has 0 saturated heterocycles. The summed E-state index contributed by atoms with van der Waals surface area (Å²) in [6.45, 7) is 4.34. The van der Waals surface area contributed by atoms with Crippen LogP contribution in [0.1, 0.15) is 42.6 Å². The number of rotatable bonds is 0. The number of aromatic nitrogens is 2. The largest absolute Gasteiger partial charge is 0.241 e. The van der Waals surface area contributed by atoms with E-state index in [9.17, 15) is 0 Å². The van der Waals surface area contributed by atoms with Gasteiger partial charge in [-0.15, -0.1) is 0 Å². The maximum absolute atomic E-state index is 4.35. The van der Waals surface area contributed by atoms with Gasteiger partial charge in [0.1, 0.15) is 6.33 Å². The van der Waals surface area contributed by atoms with E-state index in [2.05, 4.69) is 23.8 Å². The zero-order valence-electron chi connectivity index (χ0n) is 7.67. The fourth-order valence-corrected chi connectivity index (χ4v) is 1.97. The molecule has 0 spiro atoms. The van der Waals surface area contributed by atoms with Gasteiger partial charge in [0.2, 0.25) is 0 Å². The molecule has 0 radical (unpaired) electrons. The second kappa shape index (κ2) is 2.85. The van der Waals surface area contributed by atoms with Crippen molar-refractivity contribution in [3.63, 3.8) is 0 Å². The smallest absolute Gasteiger partial charge is 0.115 e. The molecule has 0 aliphatic heterocycles. The molecule has 1 aromatic rings. The van der Waals surface area contributed by atoms with Gasteiger partial charge in [0.15, 0.2) is 0 Å². The fraction of sp³-hybridized carbons (Fsp3) is 0.600. The van der Waals surface area contributed by atoms with E-state index >= 15 is 0 Å². The summed E-state index contributed by atoms with van der Waals surface area (Å²) >= 11 is 0. The number of fused-ring (bicyclic) bond motifs is 1. The van der Waals surface area contributed by atoms with Crippen molar-refractivity contribution >= 4 is 0 Å². The topological polar surface area (TPSA) is 25.8 Å². The van der Waals surface area contributed by atoms with Gasteiger partial charge in [0.05, 0.1) is 0 Å². The minimum atomic E-state index is 0.635. The Hall–Kier alpha value is -0.920. The van der Waals surface area contributed by atoms with Crippen LogP contribution in [-0.2, 0) is 6.42 Å². The van der Waals surface area contributed by atoms with Gasteiger partial charge in [0.25, 0.3) is 0 Å². The van der Waals surface area contributed by atoms with Crippen molar-refractivity contribution in [3.05, 3.63) is 23.3 Å². The third kappa shape index (κ3) is 1.11. The lowest BCUT2D eigenvalue weighted by molar-refractivity contribution is 0.566. The van der Waals surface area contributed by atoms with Crippen LogP contribution in [0, 0.1) is 6.92 Å². The minimum Gasteiger partial charge on any atom is -0.241 e. The molecule has 1 heterocycles. The van der Waals surface area contributed by atoms with E-state index in [1.807, 2.05) is 0 Å². The molecule has 1 atom stereocenters. The highest BCUT2D eigenvalue weighted by atomic mass is 14.8. The minimum absolute atomic E-state index is 0.635. The molecule has 0 saturated carbocycles. The van der Waals surface area contributed by atoms with Crippen LogP contribution in [0.25, 0.3) is 0 Å². The highest BCUT2D eigenvalue weighted by Crippen LogP contribution is 2.29. The average molecular weight is 162 g/mol. The number of hydrogen-bond acceptors (Lipinski definition) is 2. The van der Waals surface area contributed by atoms with Gasteiger partial charge < -0.3 is 0 Å². The lowest BCUT2D eigenvalue weighted by atomic mass is 9.87. The van der Waals surface area contributed by atoms with Crippen LogP contribution in [0.2, 0.25) is 0 Å². The zero-order chi connectivity index (χ0) is 8.55. The summed E-state index contributed by atoms with van der Waals surface area (Å²) in [5.74, 6) is 0.635. The predicted molar refractivity (Wildman–Crippen MR) is 48.1 cm³/mol. The number of nitrogens with zero attached hydrogens (tertiary/aromatic N) is 2. The standard InChI is InChI=1S/C10H14N2/c1-7-4-3-5-9-8(2)11-6-12-10(7)9/h6-7H,3-5H2,1-2H3. The van der Waals surface area contributed by atoms with E-state index in [0.717, 1.165) is 0 Å². The van der Waals surface area contributed by atoms with E-state index in [1.54, 1.807) is 6.33 Å². The van der Waals surface area contributed by atoms with Crippen LogP contribution in [0.15, 0.2) is 6.33 Å². The highest BCUT2D eigenvalue weighted by Gasteiger charge is 2.18. The number of hydrogen-bond donors (Lipinski definition) is 0. The molecule has 0 aromatic carbocycles. The molecule has 1 aliphatic rings. The number of aryl methyl sites for hydroxylation is 1. The lowest BCUT2D eigenvalue weighted by Gasteiger charge is -2.21. The van der Waals surface area contributed by atoms with Gasteiger partial charge in [-0.2, -0.15) is 0 Å². The van der Waals surface area contributed by atoms with Crippen molar-refractivity contribution in [2.75, 3.05) is 0 Å². The maximum Gasteiger partial charge on any atom is 0.115 e. The Morgan fingerprint density at radius 3 is 3.00 bits per heavy atom. The Labute approximate surface area is 73.1 Å². The first-order valence-corrected chi connectivity index (χ1v) is 4.59. The molecule has 12 heavy (non-hydrogen) atoms. The summed E-state index contributed by atoms with van der Waals surface area (Å²) in [6.07, 6.45) is 5.44. The zero-order valence-corrected chi connectivity index (χ0v) is 7.67. The van der Waals surface area contributed by atoms with Crippen LogP contribution < -0.4 is 0 Å². The van der Waals surface area contributed by atoms with E-state index < -0.39 is 0 Å². The second-order valence-corrected chi connectivity index (χ2v) is 3.62. The summed E-state index contributed by atoms with van der Waals surface area (Å²) < 4.78 is 0. The molecule has 1 unspecified atom stereocenters. The van der Waals surface area contributed by atoms with Gasteiger partial charge >= 0.3 is 0 Å². The summed E-state index contributed by atoms with van der Waals surface area (Å²) in [6, 6.07) is 0. The van der Waals surface area contributed by atoms with Gasteiger partial charge in [-0.05, 0) is 37.7 Å². The lowest BCUT2D eigenvalue weighted by Crippen LogP contribution is -2.11. The first-order chi connectivity index (χ1) is 5.79. The maximum atomic E-state index is 4.35. The molecule has 2 nitrogen and oxygen atoms in total. The van der Waals surface area contributed by atoms with Gasteiger partial charge in [0, 0.05) is 11.4 Å². The molecule has 0 fully saturated rings. The van der Waals surface area contributed by atoms with E-state index in [1.165, 1.54) is 36.2 Å². The van der Waals surface area contributed by atoms with E-state index in [4.69, 9.17) is 0 Å². The Kier molecular flexibility index (Phi) is 1.83. The molecular formula is C10H14N2. The molecule has 0 amide bonds. The normalized spacial score (nSPS) is 22.0. The van der Waals surface area contributed by atoms with Gasteiger partial charge in [-0.25, -0.2) is 9.97 Å². The molecule has 1 aliphatic carbocycles. The average Bonchev–Trinajstić information content (AvgIpc) is 2.07. The molecule has 64 valence electrons. The SMILES string of the molecule is Cc1ncnc2c1CCCC2C. The molecular weight excluding hydrogens is 148 g/mol. The van der Waals surface area contributed by atoms with Crippen molar-refractivity contribution < 1.29 is 0 Å². The van der Waals surface area contributed by atoms with Crippen molar-refractivity contribution in [2.24, 2.45) is 0 Å². The molecule has 0 N–H and O–H groups in total. The molecule has 1 aromatic heterocycles. The molecule has 2 rings (SSSR count). The van der Waals surface area contributed by atoms with Crippen molar-refractivity contribution in [2.45, 2.75) is 39.0 Å². The third-order valence-corrected chi connectivity index (χ3v) is 2.72. The van der Waals surface area contributed by atoms with Gasteiger partial charge in [-0.3, -0.25) is 0 Å². The summed E-state index contributed by atoms with van der Waals surface area (Å²) in [5.41, 5.74) is 3.86. The van der Waals surface area contributed by atoms with Crippen LogP contribution in [0.4, 0.5) is 0 Å². The van der Waals surface area contributed by atoms with Crippen molar-refractivity contribution in [3.8, 4) is 0 Å². The van der Waals surface area contributed by atoms with Crippen molar-refractivity contribution in [1.82, 2.24) is 9.97 Å². The predicted octanol–water partition coefficient (Wildman–Crippen LogP) is 2.22. The summed E-state index contributed by atoms with van der Waals surface area (Å²) in [7, 11) is 0.